The minimum absolute atomic E-state index is 0.0275. The Bertz CT molecular complexity index is 697. The fraction of sp³-hybridized carbons (Fsp3) is 0.750. The maximum atomic E-state index is 12.7. The lowest BCUT2D eigenvalue weighted by Gasteiger charge is -2.31. The van der Waals surface area contributed by atoms with E-state index in [0.29, 0.717) is 17.6 Å². The minimum Gasteiger partial charge on any atom is -0.381 e. The molecule has 1 saturated carbocycles. The molecule has 2 N–H and O–H groups in total. The minimum atomic E-state index is -0.301. The van der Waals surface area contributed by atoms with Crippen molar-refractivity contribution in [3.8, 4) is 0 Å². The number of carbonyl (C=O) groups is 1. The van der Waals surface area contributed by atoms with Gasteiger partial charge in [-0.15, -0.1) is 0 Å². The normalized spacial score (nSPS) is 25.2. The van der Waals surface area contributed by atoms with Crippen LogP contribution >= 0.6 is 0 Å². The largest absolute Gasteiger partial charge is 0.381 e. The summed E-state index contributed by atoms with van der Waals surface area (Å²) < 4.78 is 5.42. The molecule has 150 valence electrons. The monoisotopic (exact) mass is 376 g/mol. The van der Waals surface area contributed by atoms with Crippen molar-refractivity contribution in [1.29, 1.82) is 0 Å². The van der Waals surface area contributed by atoms with E-state index in [1.165, 1.54) is 6.07 Å². The molecule has 1 amide bonds. The van der Waals surface area contributed by atoms with Crippen molar-refractivity contribution in [2.45, 2.75) is 64.5 Å². The van der Waals surface area contributed by atoms with Gasteiger partial charge in [-0.1, -0.05) is 13.3 Å². The Morgan fingerprint density at radius 3 is 2.78 bits per heavy atom. The van der Waals surface area contributed by atoms with Crippen molar-refractivity contribution in [3.05, 3.63) is 22.1 Å². The first-order valence-electron chi connectivity index (χ1n) is 10.2. The lowest BCUT2D eigenvalue weighted by molar-refractivity contribution is -0.128. The maximum absolute atomic E-state index is 12.7. The Labute approximate surface area is 160 Å². The SMILES string of the molecule is CO[C@@H]1CCC[C@H](C(=O)N[C@@H](C)c2cc(=O)[nH]c(N3CCC(C)CC3)n2)C1. The molecule has 27 heavy (non-hydrogen) atoms. The molecule has 1 aliphatic carbocycles. The fourth-order valence-electron chi connectivity index (χ4n) is 4.06. The topological polar surface area (TPSA) is 87.3 Å². The van der Waals surface area contributed by atoms with Gasteiger partial charge in [0.15, 0.2) is 0 Å². The van der Waals surface area contributed by atoms with Crippen LogP contribution in [0.15, 0.2) is 10.9 Å². The molecule has 0 bridgehead atoms. The number of nitrogens with zero attached hydrogens (tertiary/aromatic N) is 2. The third-order valence-electron chi connectivity index (χ3n) is 5.96. The van der Waals surface area contributed by atoms with Gasteiger partial charge in [0, 0.05) is 32.2 Å². The second kappa shape index (κ2) is 8.87. The maximum Gasteiger partial charge on any atom is 0.252 e. The molecule has 2 fully saturated rings. The number of anilines is 1. The zero-order valence-electron chi connectivity index (χ0n) is 16.7. The van der Waals surface area contributed by atoms with Crippen molar-refractivity contribution in [3.63, 3.8) is 0 Å². The predicted octanol–water partition coefficient (Wildman–Crippen LogP) is 2.39. The molecule has 3 rings (SSSR count). The van der Waals surface area contributed by atoms with E-state index in [1.54, 1.807) is 7.11 Å². The Hall–Kier alpha value is -1.89. The second-order valence-corrected chi connectivity index (χ2v) is 8.11. The third-order valence-corrected chi connectivity index (χ3v) is 5.96. The molecule has 0 aromatic carbocycles. The fourth-order valence-corrected chi connectivity index (χ4v) is 4.06. The Kier molecular flexibility index (Phi) is 6.52. The van der Waals surface area contributed by atoms with Crippen LogP contribution in [0.25, 0.3) is 0 Å². The van der Waals surface area contributed by atoms with Crippen LogP contribution in [0.4, 0.5) is 5.95 Å². The summed E-state index contributed by atoms with van der Waals surface area (Å²) in [6.07, 6.45) is 6.03. The van der Waals surface area contributed by atoms with Crippen LogP contribution in [-0.4, -0.2) is 42.2 Å². The smallest absolute Gasteiger partial charge is 0.252 e. The summed E-state index contributed by atoms with van der Waals surface area (Å²) in [7, 11) is 1.70. The van der Waals surface area contributed by atoms with Gasteiger partial charge in [-0.3, -0.25) is 14.6 Å². The highest BCUT2D eigenvalue weighted by molar-refractivity contribution is 5.79. The standard InChI is InChI=1S/C20H32N4O3/c1-13-7-9-24(10-8-13)20-22-17(12-18(25)23-20)14(2)21-19(26)15-5-4-6-16(11-15)27-3/h12-16H,4-11H2,1-3H3,(H,21,26)(H,22,23,25)/t14-,15-,16+/m0/s1. The van der Waals surface area contributed by atoms with Crippen molar-refractivity contribution < 1.29 is 9.53 Å². The Morgan fingerprint density at radius 1 is 1.33 bits per heavy atom. The number of amides is 1. The predicted molar refractivity (Wildman–Crippen MR) is 105 cm³/mol. The Morgan fingerprint density at radius 2 is 2.07 bits per heavy atom. The quantitative estimate of drug-likeness (QED) is 0.824. The number of aromatic nitrogens is 2. The molecule has 1 saturated heterocycles. The van der Waals surface area contributed by atoms with Gasteiger partial charge in [0.1, 0.15) is 0 Å². The number of hydrogen-bond donors (Lipinski definition) is 2. The van der Waals surface area contributed by atoms with Gasteiger partial charge in [0.05, 0.1) is 17.8 Å². The summed E-state index contributed by atoms with van der Waals surface area (Å²) in [6, 6.07) is 1.19. The average Bonchev–Trinajstić information content (AvgIpc) is 2.68. The van der Waals surface area contributed by atoms with E-state index in [2.05, 4.69) is 27.1 Å². The molecule has 3 atom stereocenters. The zero-order valence-corrected chi connectivity index (χ0v) is 16.7. The van der Waals surface area contributed by atoms with E-state index < -0.39 is 0 Å². The summed E-state index contributed by atoms with van der Waals surface area (Å²) in [5.41, 5.74) is 0.437. The highest BCUT2D eigenvalue weighted by Gasteiger charge is 2.28. The number of H-pyrrole nitrogens is 1. The molecule has 0 unspecified atom stereocenters. The van der Waals surface area contributed by atoms with Crippen LogP contribution in [0.3, 0.4) is 0 Å². The molecule has 1 aromatic rings. The Balaban J connectivity index is 1.66. The lowest BCUT2D eigenvalue weighted by atomic mass is 9.86. The number of carbonyl (C=O) groups excluding carboxylic acids is 1. The first-order chi connectivity index (χ1) is 13.0. The number of nitrogens with one attached hydrogen (secondary N) is 2. The molecule has 7 heteroatoms. The molecular weight excluding hydrogens is 344 g/mol. The first-order valence-corrected chi connectivity index (χ1v) is 10.2. The van der Waals surface area contributed by atoms with Gasteiger partial charge in [0.2, 0.25) is 11.9 Å². The summed E-state index contributed by atoms with van der Waals surface area (Å²) >= 11 is 0. The van der Waals surface area contributed by atoms with Crippen LogP contribution < -0.4 is 15.8 Å². The highest BCUT2D eigenvalue weighted by atomic mass is 16.5. The van der Waals surface area contributed by atoms with Crippen molar-refractivity contribution in [1.82, 2.24) is 15.3 Å². The molecule has 1 aromatic heterocycles. The molecule has 1 aliphatic heterocycles. The van der Waals surface area contributed by atoms with Gasteiger partial charge >= 0.3 is 0 Å². The van der Waals surface area contributed by atoms with Gasteiger partial charge in [-0.2, -0.15) is 0 Å². The van der Waals surface area contributed by atoms with Gasteiger partial charge in [-0.05, 0) is 44.9 Å². The number of methoxy groups -OCH3 is 1. The number of aromatic amines is 1. The van der Waals surface area contributed by atoms with E-state index >= 15 is 0 Å². The van der Waals surface area contributed by atoms with Crippen molar-refractivity contribution >= 4 is 11.9 Å². The molecular formula is C20H32N4O3. The van der Waals surface area contributed by atoms with Gasteiger partial charge in [-0.25, -0.2) is 4.98 Å². The zero-order chi connectivity index (χ0) is 19.4. The molecule has 2 aliphatic rings. The van der Waals surface area contributed by atoms with Crippen LogP contribution in [0.5, 0.6) is 0 Å². The number of piperidine rings is 1. The summed E-state index contributed by atoms with van der Waals surface area (Å²) in [5.74, 6) is 1.32. The van der Waals surface area contributed by atoms with Crippen LogP contribution in [0.2, 0.25) is 0 Å². The summed E-state index contributed by atoms with van der Waals surface area (Å²) in [4.78, 5) is 34.4. The number of rotatable bonds is 5. The van der Waals surface area contributed by atoms with Crippen LogP contribution in [0, 0.1) is 11.8 Å². The van der Waals surface area contributed by atoms with E-state index in [9.17, 15) is 9.59 Å². The molecule has 0 spiro atoms. The molecule has 7 nitrogen and oxygen atoms in total. The number of ether oxygens (including phenoxy) is 1. The third kappa shape index (κ3) is 5.09. The van der Waals surface area contributed by atoms with Gasteiger partial charge < -0.3 is 15.0 Å². The summed E-state index contributed by atoms with van der Waals surface area (Å²) in [5, 5.41) is 3.05. The van der Waals surface area contributed by atoms with E-state index in [1.807, 2.05) is 6.92 Å². The first kappa shape index (κ1) is 19.9. The highest BCUT2D eigenvalue weighted by Crippen LogP contribution is 2.27. The average molecular weight is 377 g/mol. The van der Waals surface area contributed by atoms with E-state index in [0.717, 1.165) is 51.6 Å². The van der Waals surface area contributed by atoms with Crippen LogP contribution in [-0.2, 0) is 9.53 Å². The number of hydrogen-bond acceptors (Lipinski definition) is 5. The molecule has 2 heterocycles. The van der Waals surface area contributed by atoms with Gasteiger partial charge in [0.25, 0.3) is 5.56 Å². The molecule has 0 radical (unpaired) electrons. The lowest BCUT2D eigenvalue weighted by Crippen LogP contribution is -2.38. The van der Waals surface area contributed by atoms with E-state index in [-0.39, 0.29) is 29.5 Å². The van der Waals surface area contributed by atoms with Crippen molar-refractivity contribution in [2.75, 3.05) is 25.1 Å². The van der Waals surface area contributed by atoms with E-state index in [4.69, 9.17) is 4.74 Å². The summed E-state index contributed by atoms with van der Waals surface area (Å²) in [6.45, 7) is 5.93. The van der Waals surface area contributed by atoms with Crippen LogP contribution in [0.1, 0.15) is 64.1 Å². The second-order valence-electron chi connectivity index (χ2n) is 8.11. The van der Waals surface area contributed by atoms with Crippen molar-refractivity contribution in [2.24, 2.45) is 11.8 Å².